The van der Waals surface area contributed by atoms with Gasteiger partial charge >= 0.3 is 0 Å². The van der Waals surface area contributed by atoms with Crippen molar-refractivity contribution in [3.05, 3.63) is 33.0 Å². The molecule has 0 unspecified atom stereocenters. The van der Waals surface area contributed by atoms with E-state index >= 15 is 0 Å². The second-order valence-electron chi connectivity index (χ2n) is 7.06. The first-order valence-electron chi connectivity index (χ1n) is 9.04. The van der Waals surface area contributed by atoms with Crippen molar-refractivity contribution in [1.82, 2.24) is 0 Å². The summed E-state index contributed by atoms with van der Waals surface area (Å²) in [6, 6.07) is 5.21. The number of hydrogen-bond acceptors (Lipinski definition) is 5. The van der Waals surface area contributed by atoms with Crippen LogP contribution in [-0.4, -0.2) is 25.7 Å². The van der Waals surface area contributed by atoms with Gasteiger partial charge in [-0.15, -0.1) is 22.7 Å². The van der Waals surface area contributed by atoms with Gasteiger partial charge in [0.15, 0.2) is 0 Å². The normalized spacial score (nSPS) is 23.6. The predicted octanol–water partition coefficient (Wildman–Crippen LogP) is 4.84. The minimum Gasteiger partial charge on any atom is -0.393 e. The Hall–Kier alpha value is -0.600. The molecule has 0 bridgehead atoms. The van der Waals surface area contributed by atoms with E-state index in [4.69, 9.17) is 11.6 Å². The molecular formula is C18H22ClNO3S3. The van der Waals surface area contributed by atoms with Gasteiger partial charge in [0, 0.05) is 10.9 Å². The number of aliphatic hydroxyl groups is 1. The first-order chi connectivity index (χ1) is 12.4. The molecule has 4 rings (SSSR count). The lowest BCUT2D eigenvalue weighted by molar-refractivity contribution is 0.124. The molecule has 0 spiro atoms. The summed E-state index contributed by atoms with van der Waals surface area (Å²) in [6.45, 7) is 0. The maximum atomic E-state index is 13.5. The number of rotatable bonds is 4. The average molecular weight is 432 g/mol. The summed E-state index contributed by atoms with van der Waals surface area (Å²) in [6.07, 6.45) is 6.77. The van der Waals surface area contributed by atoms with Gasteiger partial charge in [-0.3, -0.25) is 4.31 Å². The van der Waals surface area contributed by atoms with Crippen molar-refractivity contribution in [3.8, 4) is 0 Å². The van der Waals surface area contributed by atoms with E-state index < -0.39 is 10.0 Å². The molecule has 2 aliphatic rings. The van der Waals surface area contributed by atoms with Crippen molar-refractivity contribution in [2.75, 3.05) is 4.31 Å². The Kier molecular flexibility index (Phi) is 5.36. The zero-order valence-electron chi connectivity index (χ0n) is 14.4. The Balaban J connectivity index is 1.75. The predicted molar refractivity (Wildman–Crippen MR) is 108 cm³/mol. The minimum absolute atomic E-state index is 0.107. The number of aliphatic hydroxyl groups excluding tert-OH is 1. The molecule has 0 amide bonds. The molecule has 4 nitrogen and oxygen atoms in total. The number of fused-ring (bicyclic) bond motifs is 1. The van der Waals surface area contributed by atoms with Gasteiger partial charge in [0.2, 0.25) is 0 Å². The maximum absolute atomic E-state index is 13.5. The van der Waals surface area contributed by atoms with Crippen LogP contribution in [0.2, 0.25) is 4.34 Å². The quantitative estimate of drug-likeness (QED) is 0.753. The number of aryl methyl sites for hydroxylation is 2. The Morgan fingerprint density at radius 3 is 2.46 bits per heavy atom. The molecule has 0 aromatic carbocycles. The van der Waals surface area contributed by atoms with Gasteiger partial charge in [-0.05, 0) is 75.1 Å². The van der Waals surface area contributed by atoms with Gasteiger partial charge in [-0.1, -0.05) is 11.6 Å². The highest BCUT2D eigenvalue weighted by Crippen LogP contribution is 2.42. The summed E-state index contributed by atoms with van der Waals surface area (Å²) < 4.78 is 29.3. The first-order valence-corrected chi connectivity index (χ1v) is 12.5. The number of anilines is 1. The van der Waals surface area contributed by atoms with Gasteiger partial charge < -0.3 is 5.11 Å². The summed E-state index contributed by atoms with van der Waals surface area (Å²) in [5, 5.41) is 10.7. The van der Waals surface area contributed by atoms with Gasteiger partial charge in [-0.25, -0.2) is 8.42 Å². The molecule has 8 heteroatoms. The lowest BCUT2D eigenvalue weighted by Gasteiger charge is -2.35. The van der Waals surface area contributed by atoms with Crippen LogP contribution in [0.15, 0.2) is 22.4 Å². The molecule has 0 saturated heterocycles. The minimum atomic E-state index is -3.65. The highest BCUT2D eigenvalue weighted by atomic mass is 35.5. The molecule has 142 valence electrons. The SMILES string of the molecule is O=S(=O)(c1ccc(Cl)s1)N(c1cc2c(s1)CCCC2)C1CCC(O)CC1. The third-order valence-electron chi connectivity index (χ3n) is 5.26. The monoisotopic (exact) mass is 431 g/mol. The number of nitrogens with zero attached hydrogens (tertiary/aromatic N) is 1. The van der Waals surface area contributed by atoms with Crippen LogP contribution < -0.4 is 4.31 Å². The third-order valence-corrected chi connectivity index (χ3v) is 10.2. The number of sulfonamides is 1. The molecular weight excluding hydrogens is 410 g/mol. The molecule has 1 fully saturated rings. The summed E-state index contributed by atoms with van der Waals surface area (Å²) in [5.41, 5.74) is 1.30. The lowest BCUT2D eigenvalue weighted by atomic mass is 9.93. The second-order valence-corrected chi connectivity index (χ2v) is 11.9. The van der Waals surface area contributed by atoms with Crippen molar-refractivity contribution in [2.24, 2.45) is 0 Å². The van der Waals surface area contributed by atoms with Crippen LogP contribution in [0.4, 0.5) is 5.00 Å². The zero-order valence-corrected chi connectivity index (χ0v) is 17.6. The van der Waals surface area contributed by atoms with Crippen LogP contribution in [0.3, 0.4) is 0 Å². The maximum Gasteiger partial charge on any atom is 0.274 e. The fourth-order valence-corrected chi connectivity index (χ4v) is 8.71. The van der Waals surface area contributed by atoms with Crippen molar-refractivity contribution < 1.29 is 13.5 Å². The standard InChI is InChI=1S/C18H22ClNO3S3/c19-16-9-10-18(25-16)26(22,23)20(13-5-7-14(21)8-6-13)17-11-12-3-1-2-4-15(12)24-17/h9-11,13-14,21H,1-8H2. The van der Waals surface area contributed by atoms with Gasteiger partial charge in [0.05, 0.1) is 10.4 Å². The number of hydrogen-bond donors (Lipinski definition) is 1. The van der Waals surface area contributed by atoms with Gasteiger partial charge in [-0.2, -0.15) is 0 Å². The molecule has 0 atom stereocenters. The zero-order chi connectivity index (χ0) is 18.3. The third kappa shape index (κ3) is 3.56. The molecule has 1 N–H and O–H groups in total. The Labute approximate surface area is 167 Å². The highest BCUT2D eigenvalue weighted by molar-refractivity contribution is 7.95. The molecule has 2 aromatic rings. The van der Waals surface area contributed by atoms with Crippen LogP contribution in [0.1, 0.15) is 49.0 Å². The number of thiophene rings is 2. The largest absolute Gasteiger partial charge is 0.393 e. The van der Waals surface area contributed by atoms with Crippen LogP contribution in [-0.2, 0) is 22.9 Å². The van der Waals surface area contributed by atoms with Crippen molar-refractivity contribution in [1.29, 1.82) is 0 Å². The van der Waals surface area contributed by atoms with Crippen molar-refractivity contribution in [3.63, 3.8) is 0 Å². The second kappa shape index (κ2) is 7.43. The Morgan fingerprint density at radius 2 is 1.81 bits per heavy atom. The Bertz CT molecular complexity index is 858. The summed E-state index contributed by atoms with van der Waals surface area (Å²) in [5.74, 6) is 0. The topological polar surface area (TPSA) is 57.6 Å². The summed E-state index contributed by atoms with van der Waals surface area (Å²) >= 11 is 8.74. The van der Waals surface area contributed by atoms with E-state index in [2.05, 4.69) is 6.07 Å². The number of halogens is 1. The Morgan fingerprint density at radius 1 is 1.08 bits per heavy atom. The molecule has 2 heterocycles. The van der Waals surface area contributed by atoms with Crippen molar-refractivity contribution in [2.45, 2.75) is 67.7 Å². The average Bonchev–Trinajstić information content (AvgIpc) is 3.23. The van der Waals surface area contributed by atoms with Crippen LogP contribution >= 0.6 is 34.3 Å². The van der Waals surface area contributed by atoms with Crippen LogP contribution in [0, 0.1) is 0 Å². The molecule has 2 aromatic heterocycles. The molecule has 0 aliphatic heterocycles. The van der Waals surface area contributed by atoms with Crippen LogP contribution in [0.25, 0.3) is 0 Å². The van der Waals surface area contributed by atoms with Crippen LogP contribution in [0.5, 0.6) is 0 Å². The van der Waals surface area contributed by atoms with E-state index in [-0.39, 0.29) is 12.1 Å². The van der Waals surface area contributed by atoms with E-state index in [1.54, 1.807) is 27.8 Å². The fourth-order valence-electron chi connectivity index (χ4n) is 3.90. The van der Waals surface area contributed by atoms with Crippen molar-refractivity contribution >= 4 is 49.3 Å². The molecule has 0 radical (unpaired) electrons. The first kappa shape index (κ1) is 18.7. The molecule has 26 heavy (non-hydrogen) atoms. The van der Waals surface area contributed by atoms with E-state index in [0.717, 1.165) is 29.2 Å². The smallest absolute Gasteiger partial charge is 0.274 e. The van der Waals surface area contributed by atoms with E-state index in [9.17, 15) is 13.5 Å². The van der Waals surface area contributed by atoms with Gasteiger partial charge in [0.1, 0.15) is 9.21 Å². The summed E-state index contributed by atoms with van der Waals surface area (Å²) in [7, 11) is -3.65. The van der Waals surface area contributed by atoms with E-state index in [1.807, 2.05) is 0 Å². The fraction of sp³-hybridized carbons (Fsp3) is 0.556. The van der Waals surface area contributed by atoms with E-state index in [0.29, 0.717) is 34.2 Å². The molecule has 1 saturated carbocycles. The molecule has 2 aliphatic carbocycles. The highest BCUT2D eigenvalue weighted by Gasteiger charge is 2.36. The van der Waals surface area contributed by atoms with Gasteiger partial charge in [0.25, 0.3) is 10.0 Å². The van der Waals surface area contributed by atoms with E-state index in [1.165, 1.54) is 23.3 Å². The summed E-state index contributed by atoms with van der Waals surface area (Å²) in [4.78, 5) is 1.33. The lowest BCUT2D eigenvalue weighted by Crippen LogP contribution is -2.42.